The summed E-state index contributed by atoms with van der Waals surface area (Å²) in [4.78, 5) is 17.9. The second-order valence-corrected chi connectivity index (χ2v) is 6.41. The molecule has 0 unspecified atom stereocenters. The number of urea groups is 1. The maximum absolute atomic E-state index is 12.3. The summed E-state index contributed by atoms with van der Waals surface area (Å²) in [6, 6.07) is 10.4. The number of aromatic nitrogens is 1. The Bertz CT molecular complexity index is 782. The Hall–Kier alpha value is -2.81. The van der Waals surface area contributed by atoms with E-state index in [1.807, 2.05) is 43.3 Å². The fourth-order valence-electron chi connectivity index (χ4n) is 2.48. The zero-order chi connectivity index (χ0) is 20.6. The van der Waals surface area contributed by atoms with E-state index in [1.54, 1.807) is 12.1 Å². The molecule has 2 rings (SSSR count). The number of pyridine rings is 1. The quantitative estimate of drug-likeness (QED) is 0.720. The highest BCUT2D eigenvalue weighted by molar-refractivity contribution is 5.73. The third-order valence-electron chi connectivity index (χ3n) is 3.71. The van der Waals surface area contributed by atoms with Crippen molar-refractivity contribution >= 4 is 6.03 Å². The molecule has 2 aromatic rings. The Morgan fingerprint density at radius 3 is 2.29 bits per heavy atom. The topological polar surface area (TPSA) is 66.5 Å². The molecule has 1 aromatic carbocycles. The Balaban J connectivity index is 1.88. The van der Waals surface area contributed by atoms with Gasteiger partial charge in [0.25, 0.3) is 0 Å². The lowest BCUT2D eigenvalue weighted by Gasteiger charge is -2.15. The number of hydrogen-bond donors (Lipinski definition) is 2. The van der Waals surface area contributed by atoms with Crippen molar-refractivity contribution in [3.8, 4) is 5.88 Å². The van der Waals surface area contributed by atoms with Crippen LogP contribution in [-0.2, 0) is 19.6 Å². The Morgan fingerprint density at radius 2 is 1.64 bits per heavy atom. The van der Waals surface area contributed by atoms with Crippen molar-refractivity contribution in [2.24, 2.45) is 0 Å². The van der Waals surface area contributed by atoms with Gasteiger partial charge in [0.05, 0.1) is 0 Å². The summed E-state index contributed by atoms with van der Waals surface area (Å²) < 4.78 is 41.7. The predicted molar refractivity (Wildman–Crippen MR) is 98.7 cm³/mol. The fourth-order valence-corrected chi connectivity index (χ4v) is 2.48. The lowest BCUT2D eigenvalue weighted by atomic mass is 10.1. The molecule has 0 saturated carbocycles. The molecule has 0 fully saturated rings. The van der Waals surface area contributed by atoms with Crippen LogP contribution in [0.4, 0.5) is 18.0 Å². The summed E-state index contributed by atoms with van der Waals surface area (Å²) in [6.07, 6.45) is -3.13. The van der Waals surface area contributed by atoms with Crippen molar-refractivity contribution in [3.05, 3.63) is 59.3 Å². The normalized spacial score (nSPS) is 11.4. The molecule has 2 N–H and O–H groups in total. The monoisotopic (exact) mass is 396 g/mol. The first kappa shape index (κ1) is 21.5. The zero-order valence-corrected chi connectivity index (χ0v) is 15.7. The number of benzene rings is 1. The van der Waals surface area contributed by atoms with Crippen LogP contribution in [0.1, 0.15) is 16.7 Å². The summed E-state index contributed by atoms with van der Waals surface area (Å²) in [5, 5.41) is 5.35. The number of carbonyl (C=O) groups is 1. The van der Waals surface area contributed by atoms with Gasteiger partial charge in [-0.05, 0) is 31.3 Å². The summed E-state index contributed by atoms with van der Waals surface area (Å²) in [6.45, 7) is -0.368. The van der Waals surface area contributed by atoms with Gasteiger partial charge in [-0.1, -0.05) is 30.3 Å². The Morgan fingerprint density at radius 1 is 1.04 bits per heavy atom. The van der Waals surface area contributed by atoms with Crippen LogP contribution in [0.3, 0.4) is 0 Å². The van der Waals surface area contributed by atoms with E-state index in [9.17, 15) is 18.0 Å². The van der Waals surface area contributed by atoms with Crippen LogP contribution in [0.15, 0.2) is 42.6 Å². The van der Waals surface area contributed by atoms with Gasteiger partial charge in [-0.3, -0.25) is 0 Å². The highest BCUT2D eigenvalue weighted by atomic mass is 19.4. The van der Waals surface area contributed by atoms with Crippen LogP contribution in [0, 0.1) is 0 Å². The number of hydrogen-bond acceptors (Lipinski definition) is 4. The molecule has 0 aliphatic rings. The van der Waals surface area contributed by atoms with Crippen molar-refractivity contribution in [1.29, 1.82) is 0 Å². The van der Waals surface area contributed by atoms with Crippen molar-refractivity contribution in [2.45, 2.75) is 25.8 Å². The van der Waals surface area contributed by atoms with Gasteiger partial charge in [-0.2, -0.15) is 13.2 Å². The molecule has 0 spiro atoms. The van der Waals surface area contributed by atoms with E-state index >= 15 is 0 Å². The van der Waals surface area contributed by atoms with Gasteiger partial charge in [0, 0.05) is 31.4 Å². The number of halogens is 3. The second kappa shape index (κ2) is 9.93. The van der Waals surface area contributed by atoms with Gasteiger partial charge < -0.3 is 20.3 Å². The molecule has 0 aliphatic heterocycles. The molecule has 152 valence electrons. The maximum atomic E-state index is 12.3. The minimum atomic E-state index is -4.46. The highest BCUT2D eigenvalue weighted by Crippen LogP contribution is 2.19. The average Bonchev–Trinajstić information content (AvgIpc) is 2.63. The van der Waals surface area contributed by atoms with Gasteiger partial charge in [-0.25, -0.2) is 9.78 Å². The molecule has 28 heavy (non-hydrogen) atoms. The molecule has 1 heterocycles. The number of amides is 2. The molecular weight excluding hydrogens is 373 g/mol. The third kappa shape index (κ3) is 7.43. The molecule has 0 saturated heterocycles. The maximum Gasteiger partial charge on any atom is 0.422 e. The third-order valence-corrected chi connectivity index (χ3v) is 3.71. The van der Waals surface area contributed by atoms with Crippen molar-refractivity contribution < 1.29 is 22.7 Å². The zero-order valence-electron chi connectivity index (χ0n) is 15.7. The number of nitrogens with zero attached hydrogens (tertiary/aromatic N) is 2. The van der Waals surface area contributed by atoms with Gasteiger partial charge >= 0.3 is 12.2 Å². The standard InChI is InChI=1S/C19H23F3N4O2/c1-26(2)12-16-7-4-3-6-14(16)10-24-18(27)25-11-15-8-5-9-23-17(15)28-13-19(20,21)22/h3-9H,10-13H2,1-2H3,(H2,24,25,27). The first-order valence-electron chi connectivity index (χ1n) is 8.61. The number of nitrogens with one attached hydrogen (secondary N) is 2. The smallest absolute Gasteiger partial charge is 0.422 e. The largest absolute Gasteiger partial charge is 0.468 e. The van der Waals surface area contributed by atoms with Gasteiger partial charge in [0.1, 0.15) is 0 Å². The minimum Gasteiger partial charge on any atom is -0.468 e. The Kier molecular flexibility index (Phi) is 7.62. The SMILES string of the molecule is CN(C)Cc1ccccc1CNC(=O)NCc1cccnc1OCC(F)(F)F. The van der Waals surface area contributed by atoms with E-state index in [0.29, 0.717) is 12.1 Å². The van der Waals surface area contributed by atoms with E-state index in [2.05, 4.69) is 15.6 Å². The molecule has 0 atom stereocenters. The van der Waals surface area contributed by atoms with Crippen LogP contribution in [0.2, 0.25) is 0 Å². The predicted octanol–water partition coefficient (Wildman–Crippen LogP) is 3.08. The molecule has 0 aliphatic carbocycles. The van der Waals surface area contributed by atoms with Crippen LogP contribution >= 0.6 is 0 Å². The second-order valence-electron chi connectivity index (χ2n) is 6.41. The van der Waals surface area contributed by atoms with E-state index in [1.165, 1.54) is 6.20 Å². The molecule has 6 nitrogen and oxygen atoms in total. The van der Waals surface area contributed by atoms with Crippen LogP contribution in [0.5, 0.6) is 5.88 Å². The number of rotatable bonds is 8. The summed E-state index contributed by atoms with van der Waals surface area (Å²) >= 11 is 0. The van der Waals surface area contributed by atoms with Gasteiger partial charge in [-0.15, -0.1) is 0 Å². The van der Waals surface area contributed by atoms with Crippen LogP contribution in [-0.4, -0.2) is 42.8 Å². The first-order chi connectivity index (χ1) is 13.2. The average molecular weight is 396 g/mol. The van der Waals surface area contributed by atoms with Gasteiger partial charge in [0.2, 0.25) is 5.88 Å². The van der Waals surface area contributed by atoms with E-state index in [4.69, 9.17) is 4.74 Å². The van der Waals surface area contributed by atoms with E-state index < -0.39 is 18.8 Å². The summed E-state index contributed by atoms with van der Waals surface area (Å²) in [5.74, 6) is -0.156. The molecule has 0 bridgehead atoms. The van der Waals surface area contributed by atoms with Crippen molar-refractivity contribution in [1.82, 2.24) is 20.5 Å². The highest BCUT2D eigenvalue weighted by Gasteiger charge is 2.29. The van der Waals surface area contributed by atoms with E-state index in [0.717, 1.165) is 17.7 Å². The lowest BCUT2D eigenvalue weighted by molar-refractivity contribution is -0.154. The first-order valence-corrected chi connectivity index (χ1v) is 8.61. The van der Waals surface area contributed by atoms with E-state index in [-0.39, 0.29) is 12.4 Å². The van der Waals surface area contributed by atoms with Crippen LogP contribution < -0.4 is 15.4 Å². The minimum absolute atomic E-state index is 0.00773. The number of carbonyl (C=O) groups excluding carboxylic acids is 1. The number of alkyl halides is 3. The molecule has 2 amide bonds. The number of ether oxygens (including phenoxy) is 1. The molecule has 9 heteroatoms. The molecule has 1 aromatic heterocycles. The van der Waals surface area contributed by atoms with Crippen molar-refractivity contribution in [2.75, 3.05) is 20.7 Å². The fraction of sp³-hybridized carbons (Fsp3) is 0.368. The lowest BCUT2D eigenvalue weighted by Crippen LogP contribution is -2.35. The van der Waals surface area contributed by atoms with Crippen molar-refractivity contribution in [3.63, 3.8) is 0 Å². The Labute approximate surface area is 161 Å². The molecular formula is C19H23F3N4O2. The summed E-state index contributed by atoms with van der Waals surface area (Å²) in [5.41, 5.74) is 2.44. The van der Waals surface area contributed by atoms with Gasteiger partial charge in [0.15, 0.2) is 6.61 Å². The van der Waals surface area contributed by atoms with Crippen LogP contribution in [0.25, 0.3) is 0 Å². The molecule has 0 radical (unpaired) electrons. The summed E-state index contributed by atoms with van der Waals surface area (Å²) in [7, 11) is 3.92.